The van der Waals surface area contributed by atoms with Gasteiger partial charge in [-0.25, -0.2) is 0 Å². The van der Waals surface area contributed by atoms with Crippen LogP contribution in [0.5, 0.6) is 0 Å². The van der Waals surface area contributed by atoms with E-state index in [1.54, 1.807) is 0 Å². The first-order chi connectivity index (χ1) is 8.25. The molecule has 0 saturated carbocycles. The number of hydrogen-bond acceptors (Lipinski definition) is 2. The van der Waals surface area contributed by atoms with Crippen molar-refractivity contribution in [2.75, 3.05) is 13.1 Å². The van der Waals surface area contributed by atoms with Gasteiger partial charge in [-0.1, -0.05) is 31.2 Å². The summed E-state index contributed by atoms with van der Waals surface area (Å²) in [5.41, 5.74) is 2.61. The third-order valence-electron chi connectivity index (χ3n) is 4.06. The van der Waals surface area contributed by atoms with E-state index in [0.29, 0.717) is 11.8 Å². The van der Waals surface area contributed by atoms with Crippen LogP contribution in [0.25, 0.3) is 0 Å². The molecule has 1 N–H and O–H groups in total. The highest BCUT2D eigenvalue weighted by molar-refractivity contribution is 5.85. The van der Waals surface area contributed by atoms with Gasteiger partial charge >= 0.3 is 0 Å². The van der Waals surface area contributed by atoms with Crippen molar-refractivity contribution in [2.45, 2.75) is 20.0 Å². The third kappa shape index (κ3) is 2.25. The molecule has 0 aromatic heterocycles. The molecule has 1 fully saturated rings. The molecule has 98 valence electrons. The number of carbonyl (C=O) groups excluding carboxylic acids is 1. The van der Waals surface area contributed by atoms with E-state index in [1.165, 1.54) is 11.1 Å². The summed E-state index contributed by atoms with van der Waals surface area (Å²) in [5.74, 6) is 1.00. The number of nitrogens with one attached hydrogen (secondary N) is 1. The zero-order chi connectivity index (χ0) is 11.8. The molecule has 2 aliphatic rings. The number of fused-ring (bicyclic) bond motifs is 1. The summed E-state index contributed by atoms with van der Waals surface area (Å²) >= 11 is 0. The maximum atomic E-state index is 12.3. The fraction of sp³-hybridized carbons (Fsp3) is 0.500. The molecule has 1 atom stereocenters. The highest BCUT2D eigenvalue weighted by Gasteiger charge is 2.33. The summed E-state index contributed by atoms with van der Waals surface area (Å²) < 4.78 is 0. The van der Waals surface area contributed by atoms with E-state index < -0.39 is 0 Å². The van der Waals surface area contributed by atoms with Gasteiger partial charge in [0.25, 0.3) is 0 Å². The molecule has 0 aliphatic carbocycles. The zero-order valence-corrected chi connectivity index (χ0v) is 11.4. The van der Waals surface area contributed by atoms with Crippen LogP contribution < -0.4 is 5.32 Å². The van der Waals surface area contributed by atoms with Crippen LogP contribution in [0.1, 0.15) is 18.1 Å². The summed E-state index contributed by atoms with van der Waals surface area (Å²) in [6.07, 6.45) is 0. The van der Waals surface area contributed by atoms with Crippen molar-refractivity contribution in [1.82, 2.24) is 10.2 Å². The lowest BCUT2D eigenvalue weighted by atomic mass is 9.88. The third-order valence-corrected chi connectivity index (χ3v) is 4.06. The van der Waals surface area contributed by atoms with Crippen LogP contribution >= 0.6 is 12.4 Å². The number of rotatable bonds is 2. The van der Waals surface area contributed by atoms with Crippen molar-refractivity contribution in [2.24, 2.45) is 11.8 Å². The van der Waals surface area contributed by atoms with Gasteiger partial charge in [-0.15, -0.1) is 12.4 Å². The molecule has 1 aromatic rings. The van der Waals surface area contributed by atoms with E-state index in [1.807, 2.05) is 17.0 Å². The number of nitrogens with zero attached hydrogens (tertiary/aromatic N) is 1. The molecule has 0 bridgehead atoms. The second-order valence-electron chi connectivity index (χ2n) is 5.17. The van der Waals surface area contributed by atoms with E-state index in [9.17, 15) is 4.79 Å². The minimum absolute atomic E-state index is 0. The number of hydrogen-bond donors (Lipinski definition) is 1. The SMILES string of the molecule is CC(C(=O)N1Cc2ccccc2C1)C1CNC1.Cl. The predicted octanol–water partition coefficient (Wildman–Crippen LogP) is 1.81. The summed E-state index contributed by atoms with van der Waals surface area (Å²) in [4.78, 5) is 14.3. The van der Waals surface area contributed by atoms with Gasteiger partial charge in [0.05, 0.1) is 0 Å². The quantitative estimate of drug-likeness (QED) is 0.886. The van der Waals surface area contributed by atoms with Crippen LogP contribution in [0.3, 0.4) is 0 Å². The molecule has 1 aromatic carbocycles. The fourth-order valence-corrected chi connectivity index (χ4v) is 2.64. The Kier molecular flexibility index (Phi) is 3.93. The number of benzene rings is 1. The van der Waals surface area contributed by atoms with Gasteiger partial charge in [0.2, 0.25) is 5.91 Å². The van der Waals surface area contributed by atoms with Gasteiger partial charge in [-0.05, 0) is 30.1 Å². The monoisotopic (exact) mass is 266 g/mol. The van der Waals surface area contributed by atoms with Crippen LogP contribution in [0.15, 0.2) is 24.3 Å². The van der Waals surface area contributed by atoms with Crippen molar-refractivity contribution in [1.29, 1.82) is 0 Å². The highest BCUT2D eigenvalue weighted by atomic mass is 35.5. The zero-order valence-electron chi connectivity index (χ0n) is 10.6. The molecule has 2 heterocycles. The molecule has 4 heteroatoms. The van der Waals surface area contributed by atoms with Crippen LogP contribution in [-0.4, -0.2) is 23.9 Å². The first-order valence-corrected chi connectivity index (χ1v) is 6.32. The normalized spacial score (nSPS) is 19.7. The maximum absolute atomic E-state index is 12.3. The first-order valence-electron chi connectivity index (χ1n) is 6.32. The number of carbonyl (C=O) groups is 1. The molecule has 1 saturated heterocycles. The minimum Gasteiger partial charge on any atom is -0.334 e. The minimum atomic E-state index is 0. The molecule has 18 heavy (non-hydrogen) atoms. The van der Waals surface area contributed by atoms with Gasteiger partial charge in [0.1, 0.15) is 0 Å². The molecule has 0 spiro atoms. The number of halogens is 1. The van der Waals surface area contributed by atoms with Gasteiger partial charge in [0.15, 0.2) is 0 Å². The summed E-state index contributed by atoms with van der Waals surface area (Å²) in [6, 6.07) is 8.34. The predicted molar refractivity (Wildman–Crippen MR) is 73.5 cm³/mol. The van der Waals surface area contributed by atoms with Gasteiger partial charge < -0.3 is 10.2 Å². The lowest BCUT2D eigenvalue weighted by molar-refractivity contribution is -0.138. The van der Waals surface area contributed by atoms with E-state index in [4.69, 9.17) is 0 Å². The highest BCUT2D eigenvalue weighted by Crippen LogP contribution is 2.26. The van der Waals surface area contributed by atoms with Crippen molar-refractivity contribution in [3.05, 3.63) is 35.4 Å². The van der Waals surface area contributed by atoms with Crippen LogP contribution in [0.4, 0.5) is 0 Å². The number of amides is 1. The maximum Gasteiger partial charge on any atom is 0.226 e. The molecule has 3 nitrogen and oxygen atoms in total. The van der Waals surface area contributed by atoms with Crippen molar-refractivity contribution >= 4 is 18.3 Å². The average Bonchev–Trinajstić information content (AvgIpc) is 2.68. The lowest BCUT2D eigenvalue weighted by Gasteiger charge is -2.33. The Morgan fingerprint density at radius 2 is 1.83 bits per heavy atom. The fourth-order valence-electron chi connectivity index (χ4n) is 2.64. The molecule has 0 radical (unpaired) electrons. The molecular weight excluding hydrogens is 248 g/mol. The van der Waals surface area contributed by atoms with Gasteiger partial charge in [-0.3, -0.25) is 4.79 Å². The molecule has 1 unspecified atom stereocenters. The largest absolute Gasteiger partial charge is 0.334 e. The van der Waals surface area contributed by atoms with E-state index in [-0.39, 0.29) is 18.3 Å². The van der Waals surface area contributed by atoms with E-state index in [2.05, 4.69) is 24.4 Å². The molecule has 2 aliphatic heterocycles. The Bertz CT molecular complexity index is 420. The Labute approximate surface area is 114 Å². The summed E-state index contributed by atoms with van der Waals surface area (Å²) in [6.45, 7) is 5.64. The molecule has 3 rings (SSSR count). The van der Waals surface area contributed by atoms with Crippen molar-refractivity contribution in [3.8, 4) is 0 Å². The topological polar surface area (TPSA) is 32.3 Å². The Hall–Kier alpha value is -1.06. The molecular formula is C14H19ClN2O. The molecule has 1 amide bonds. The van der Waals surface area contributed by atoms with Gasteiger partial charge in [0, 0.05) is 19.0 Å². The van der Waals surface area contributed by atoms with Crippen LogP contribution in [-0.2, 0) is 17.9 Å². The second-order valence-corrected chi connectivity index (χ2v) is 5.17. The second kappa shape index (κ2) is 5.29. The van der Waals surface area contributed by atoms with E-state index >= 15 is 0 Å². The lowest BCUT2D eigenvalue weighted by Crippen LogP contribution is -2.49. The van der Waals surface area contributed by atoms with Crippen LogP contribution in [0.2, 0.25) is 0 Å². The smallest absolute Gasteiger partial charge is 0.226 e. The summed E-state index contributed by atoms with van der Waals surface area (Å²) in [7, 11) is 0. The standard InChI is InChI=1S/C14H18N2O.ClH/c1-10(13-6-15-7-13)14(17)16-8-11-4-2-3-5-12(11)9-16;/h2-5,10,13,15H,6-9H2,1H3;1H. The van der Waals surface area contributed by atoms with E-state index in [0.717, 1.165) is 26.2 Å². The van der Waals surface area contributed by atoms with Crippen molar-refractivity contribution < 1.29 is 4.79 Å². The van der Waals surface area contributed by atoms with Crippen molar-refractivity contribution in [3.63, 3.8) is 0 Å². The Balaban J connectivity index is 0.00000120. The Morgan fingerprint density at radius 1 is 1.28 bits per heavy atom. The average molecular weight is 267 g/mol. The Morgan fingerprint density at radius 3 is 2.28 bits per heavy atom. The summed E-state index contributed by atoms with van der Waals surface area (Å²) in [5, 5.41) is 3.23. The first kappa shape index (κ1) is 13.4. The van der Waals surface area contributed by atoms with Gasteiger partial charge in [-0.2, -0.15) is 0 Å². The van der Waals surface area contributed by atoms with Crippen LogP contribution in [0, 0.1) is 11.8 Å².